The van der Waals surface area contributed by atoms with Crippen LogP contribution in [0.3, 0.4) is 0 Å². The zero-order chi connectivity index (χ0) is 12.7. The number of methoxy groups -OCH3 is 1. The topological polar surface area (TPSA) is 79.2 Å². The molecule has 0 saturated carbocycles. The van der Waals surface area contributed by atoms with Crippen LogP contribution in [-0.2, 0) is 16.4 Å². The number of hydrogen-bond acceptors (Lipinski definition) is 4. The smallest absolute Gasteiger partial charge is 0.225 e. The van der Waals surface area contributed by atoms with Gasteiger partial charge < -0.3 is 4.74 Å². The zero-order valence-corrected chi connectivity index (χ0v) is 10.3. The number of nitrogens with one attached hydrogen (secondary N) is 1. The summed E-state index contributed by atoms with van der Waals surface area (Å²) in [5.74, 6) is 0.229. The first-order valence-electron chi connectivity index (χ1n) is 5.04. The highest BCUT2D eigenvalue weighted by molar-refractivity contribution is 7.89. The van der Waals surface area contributed by atoms with E-state index in [4.69, 9.17) is 10.00 Å². The normalized spacial score (nSPS) is 10.8. The number of nitriles is 1. The van der Waals surface area contributed by atoms with E-state index < -0.39 is 15.8 Å². The van der Waals surface area contributed by atoms with Gasteiger partial charge >= 0.3 is 0 Å². The van der Waals surface area contributed by atoms with Crippen LogP contribution < -0.4 is 9.46 Å². The van der Waals surface area contributed by atoms with E-state index in [9.17, 15) is 8.42 Å². The molecule has 1 N–H and O–H groups in total. The maximum absolute atomic E-state index is 11.2. The molecule has 0 aromatic heterocycles. The minimum Gasteiger partial charge on any atom is -0.497 e. The fourth-order valence-electron chi connectivity index (χ4n) is 1.31. The molecule has 6 heteroatoms. The minimum atomic E-state index is -3.46. The average Bonchev–Trinajstić information content (AvgIpc) is 2.29. The first-order valence-corrected chi connectivity index (χ1v) is 6.70. The lowest BCUT2D eigenvalue weighted by Crippen LogP contribution is -2.27. The number of rotatable bonds is 6. The van der Waals surface area contributed by atoms with Crippen LogP contribution in [0, 0.1) is 11.3 Å². The standard InChI is InChI=1S/C11H14N2O3S/c1-16-11-4-2-3-10(9-11)5-7-13-17(14,15)8-6-12/h2-4,9,13H,5,7-8H2,1H3. The Kier molecular flexibility index (Phi) is 4.94. The summed E-state index contributed by atoms with van der Waals surface area (Å²) < 4.78 is 29.8. The van der Waals surface area contributed by atoms with Crippen LogP contribution in [0.5, 0.6) is 5.75 Å². The summed E-state index contributed by atoms with van der Waals surface area (Å²) in [6, 6.07) is 9.01. The van der Waals surface area contributed by atoms with Crippen LogP contribution in [0.15, 0.2) is 24.3 Å². The molecule has 5 nitrogen and oxygen atoms in total. The van der Waals surface area contributed by atoms with Gasteiger partial charge in [-0.3, -0.25) is 0 Å². The first kappa shape index (κ1) is 13.5. The van der Waals surface area contributed by atoms with Crippen LogP contribution in [0.25, 0.3) is 0 Å². The van der Waals surface area contributed by atoms with Gasteiger partial charge in [0.2, 0.25) is 10.0 Å². The fourth-order valence-corrected chi connectivity index (χ4v) is 2.00. The lowest BCUT2D eigenvalue weighted by Gasteiger charge is -2.05. The molecule has 1 rings (SSSR count). The molecule has 0 atom stereocenters. The fraction of sp³-hybridized carbons (Fsp3) is 0.364. The number of nitrogens with zero attached hydrogens (tertiary/aromatic N) is 1. The molecule has 0 aliphatic heterocycles. The van der Waals surface area contributed by atoms with Crippen molar-refractivity contribution in [3.8, 4) is 11.8 Å². The maximum atomic E-state index is 11.2. The van der Waals surface area contributed by atoms with Crippen molar-refractivity contribution in [2.45, 2.75) is 6.42 Å². The highest BCUT2D eigenvalue weighted by Gasteiger charge is 2.07. The van der Waals surface area contributed by atoms with Gasteiger partial charge in [-0.2, -0.15) is 5.26 Å². The van der Waals surface area contributed by atoms with Crippen molar-refractivity contribution in [1.29, 1.82) is 5.26 Å². The van der Waals surface area contributed by atoms with Gasteiger partial charge in [0.15, 0.2) is 5.75 Å². The van der Waals surface area contributed by atoms with Crippen molar-refractivity contribution < 1.29 is 13.2 Å². The van der Waals surface area contributed by atoms with Crippen LogP contribution in [-0.4, -0.2) is 27.8 Å². The summed E-state index contributed by atoms with van der Waals surface area (Å²) in [6.45, 7) is 0.275. The Bertz CT molecular complexity index is 506. The summed E-state index contributed by atoms with van der Waals surface area (Å²) in [7, 11) is -1.88. The summed E-state index contributed by atoms with van der Waals surface area (Å²) in [5, 5.41) is 8.30. The second-order valence-corrected chi connectivity index (χ2v) is 5.22. The molecule has 0 bridgehead atoms. The molecular weight excluding hydrogens is 240 g/mol. The van der Waals surface area contributed by atoms with E-state index in [-0.39, 0.29) is 6.54 Å². The predicted octanol–water partition coefficient (Wildman–Crippen LogP) is 0.681. The molecule has 0 radical (unpaired) electrons. The minimum absolute atomic E-state index is 0.275. The van der Waals surface area contributed by atoms with Crippen LogP contribution in [0.2, 0.25) is 0 Å². The lowest BCUT2D eigenvalue weighted by atomic mass is 10.1. The molecule has 0 aliphatic carbocycles. The van der Waals surface area contributed by atoms with Crippen molar-refractivity contribution >= 4 is 10.0 Å². The first-order chi connectivity index (χ1) is 8.07. The second-order valence-electron chi connectivity index (χ2n) is 3.41. The Labute approximate surface area is 101 Å². The molecule has 0 amide bonds. The summed E-state index contributed by atoms with van der Waals surface area (Å²) in [5.41, 5.74) is 0.976. The summed E-state index contributed by atoms with van der Waals surface area (Å²) in [6.07, 6.45) is 0.557. The van der Waals surface area contributed by atoms with Crippen molar-refractivity contribution in [2.75, 3.05) is 19.4 Å². The van der Waals surface area contributed by atoms with E-state index in [0.717, 1.165) is 11.3 Å². The molecule has 0 saturated heterocycles. The van der Waals surface area contributed by atoms with Crippen molar-refractivity contribution in [3.63, 3.8) is 0 Å². The second kappa shape index (κ2) is 6.23. The van der Waals surface area contributed by atoms with Crippen LogP contribution in [0.1, 0.15) is 5.56 Å². The van der Waals surface area contributed by atoms with Gasteiger partial charge in [0.25, 0.3) is 0 Å². The van der Waals surface area contributed by atoms with E-state index in [2.05, 4.69) is 4.72 Å². The molecule has 0 spiro atoms. The van der Waals surface area contributed by atoms with Crippen molar-refractivity contribution in [3.05, 3.63) is 29.8 Å². The molecule has 92 valence electrons. The Morgan fingerprint density at radius 3 is 2.88 bits per heavy atom. The van der Waals surface area contributed by atoms with Crippen LogP contribution in [0.4, 0.5) is 0 Å². The monoisotopic (exact) mass is 254 g/mol. The summed E-state index contributed by atoms with van der Waals surface area (Å²) >= 11 is 0. The number of ether oxygens (including phenoxy) is 1. The predicted molar refractivity (Wildman–Crippen MR) is 64.1 cm³/mol. The van der Waals surface area contributed by atoms with Gasteiger partial charge in [-0.1, -0.05) is 12.1 Å². The van der Waals surface area contributed by atoms with E-state index >= 15 is 0 Å². The molecule has 1 aromatic carbocycles. The third-order valence-electron chi connectivity index (χ3n) is 2.12. The lowest BCUT2D eigenvalue weighted by molar-refractivity contribution is 0.414. The number of sulfonamides is 1. The summed E-state index contributed by atoms with van der Waals surface area (Å²) in [4.78, 5) is 0. The van der Waals surface area contributed by atoms with Crippen molar-refractivity contribution in [1.82, 2.24) is 4.72 Å². The van der Waals surface area contributed by atoms with E-state index in [0.29, 0.717) is 6.42 Å². The molecule has 0 fully saturated rings. The quantitative estimate of drug-likeness (QED) is 0.809. The van der Waals surface area contributed by atoms with Gasteiger partial charge in [0.05, 0.1) is 13.2 Å². The van der Waals surface area contributed by atoms with E-state index in [1.54, 1.807) is 13.2 Å². The maximum Gasteiger partial charge on any atom is 0.225 e. The SMILES string of the molecule is COc1cccc(CCNS(=O)(=O)CC#N)c1. The van der Waals surface area contributed by atoms with Gasteiger partial charge in [0, 0.05) is 6.54 Å². The largest absolute Gasteiger partial charge is 0.497 e. The van der Waals surface area contributed by atoms with Gasteiger partial charge in [0.1, 0.15) is 5.75 Å². The highest BCUT2D eigenvalue weighted by Crippen LogP contribution is 2.12. The average molecular weight is 254 g/mol. The van der Waals surface area contributed by atoms with E-state index in [1.165, 1.54) is 0 Å². The molecule has 1 aromatic rings. The highest BCUT2D eigenvalue weighted by atomic mass is 32.2. The number of benzene rings is 1. The zero-order valence-electron chi connectivity index (χ0n) is 9.51. The Balaban J connectivity index is 2.49. The van der Waals surface area contributed by atoms with E-state index in [1.807, 2.05) is 24.3 Å². The molecule has 0 unspecified atom stereocenters. The molecule has 17 heavy (non-hydrogen) atoms. The third kappa shape index (κ3) is 4.85. The number of hydrogen-bond donors (Lipinski definition) is 1. The van der Waals surface area contributed by atoms with Gasteiger partial charge in [-0.05, 0) is 24.1 Å². The van der Waals surface area contributed by atoms with Crippen LogP contribution >= 0.6 is 0 Å². The Hall–Kier alpha value is -1.58. The van der Waals surface area contributed by atoms with Crippen molar-refractivity contribution in [2.24, 2.45) is 0 Å². The molecule has 0 aliphatic rings. The molecule has 0 heterocycles. The van der Waals surface area contributed by atoms with Gasteiger partial charge in [-0.15, -0.1) is 0 Å². The molecular formula is C11H14N2O3S. The Morgan fingerprint density at radius 2 is 2.24 bits per heavy atom. The van der Waals surface area contributed by atoms with Gasteiger partial charge in [-0.25, -0.2) is 13.1 Å². The third-order valence-corrected chi connectivity index (χ3v) is 3.28. The Morgan fingerprint density at radius 1 is 1.47 bits per heavy atom.